The second-order valence-corrected chi connectivity index (χ2v) is 7.92. The number of rotatable bonds is 7. The van der Waals surface area contributed by atoms with Crippen molar-refractivity contribution in [2.24, 2.45) is 0 Å². The fourth-order valence-corrected chi connectivity index (χ4v) is 3.99. The summed E-state index contributed by atoms with van der Waals surface area (Å²) in [7, 11) is 0. The molecule has 0 radical (unpaired) electrons. The molecule has 1 aromatic carbocycles. The summed E-state index contributed by atoms with van der Waals surface area (Å²) in [5, 5.41) is 17.9. The SMILES string of the molecule is Cc1ccccc1C1(c2noc(-c3cc(C4CC4)n(CCC(=O)O)n3)n2)CC1. The van der Waals surface area contributed by atoms with Crippen LogP contribution in [-0.2, 0) is 16.8 Å². The first-order valence-corrected chi connectivity index (χ1v) is 9.77. The Bertz CT molecular complexity index is 1040. The lowest BCUT2D eigenvalue weighted by molar-refractivity contribution is -0.137. The molecule has 144 valence electrons. The summed E-state index contributed by atoms with van der Waals surface area (Å²) < 4.78 is 7.37. The molecular formula is C21H22N4O3. The van der Waals surface area contributed by atoms with Gasteiger partial charge < -0.3 is 9.63 Å². The molecule has 0 spiro atoms. The maximum atomic E-state index is 10.9. The fraction of sp³-hybridized carbons (Fsp3) is 0.429. The Morgan fingerprint density at radius 2 is 2.11 bits per heavy atom. The average molecular weight is 378 g/mol. The number of carboxylic acids is 1. The summed E-state index contributed by atoms with van der Waals surface area (Å²) in [5.74, 6) is 0.752. The minimum Gasteiger partial charge on any atom is -0.481 e. The third-order valence-electron chi connectivity index (χ3n) is 5.83. The minimum absolute atomic E-state index is 0.0479. The van der Waals surface area contributed by atoms with E-state index in [-0.39, 0.29) is 11.8 Å². The average Bonchev–Trinajstić information content (AvgIpc) is 3.59. The molecule has 5 rings (SSSR count). The first-order valence-electron chi connectivity index (χ1n) is 9.77. The number of nitrogens with zero attached hydrogens (tertiary/aromatic N) is 4. The molecule has 0 saturated heterocycles. The van der Waals surface area contributed by atoms with Crippen molar-refractivity contribution in [2.75, 3.05) is 0 Å². The number of carboxylic acid groups (broad SMARTS) is 1. The van der Waals surface area contributed by atoms with Crippen molar-refractivity contribution < 1.29 is 14.4 Å². The van der Waals surface area contributed by atoms with Crippen LogP contribution in [0.4, 0.5) is 0 Å². The van der Waals surface area contributed by atoms with Crippen LogP contribution in [0.15, 0.2) is 34.9 Å². The predicted octanol–water partition coefficient (Wildman–Crippen LogP) is 3.67. The Hall–Kier alpha value is -2.96. The molecule has 2 aliphatic carbocycles. The molecule has 28 heavy (non-hydrogen) atoms. The molecule has 3 aromatic rings. The highest BCUT2D eigenvalue weighted by atomic mass is 16.5. The van der Waals surface area contributed by atoms with E-state index in [1.807, 2.05) is 12.1 Å². The first-order chi connectivity index (χ1) is 13.6. The Morgan fingerprint density at radius 3 is 2.79 bits per heavy atom. The molecule has 0 atom stereocenters. The predicted molar refractivity (Wildman–Crippen MR) is 101 cm³/mol. The van der Waals surface area contributed by atoms with Gasteiger partial charge in [0.15, 0.2) is 11.5 Å². The van der Waals surface area contributed by atoms with E-state index in [9.17, 15) is 4.79 Å². The topological polar surface area (TPSA) is 94.0 Å². The number of hydrogen-bond acceptors (Lipinski definition) is 5. The van der Waals surface area contributed by atoms with Gasteiger partial charge in [0.2, 0.25) is 0 Å². The van der Waals surface area contributed by atoms with Crippen molar-refractivity contribution in [1.82, 2.24) is 19.9 Å². The fourth-order valence-electron chi connectivity index (χ4n) is 3.99. The number of hydrogen-bond donors (Lipinski definition) is 1. The molecule has 7 heteroatoms. The van der Waals surface area contributed by atoms with Gasteiger partial charge in [-0.15, -0.1) is 0 Å². The highest BCUT2D eigenvalue weighted by Crippen LogP contribution is 2.53. The van der Waals surface area contributed by atoms with Gasteiger partial charge in [-0.05, 0) is 49.8 Å². The van der Waals surface area contributed by atoms with Crippen molar-refractivity contribution >= 4 is 5.97 Å². The van der Waals surface area contributed by atoms with Gasteiger partial charge in [-0.25, -0.2) is 0 Å². The van der Waals surface area contributed by atoms with Gasteiger partial charge in [0.25, 0.3) is 5.89 Å². The summed E-state index contributed by atoms with van der Waals surface area (Å²) in [6.45, 7) is 2.47. The van der Waals surface area contributed by atoms with E-state index in [1.54, 1.807) is 4.68 Å². The molecular weight excluding hydrogens is 356 g/mol. The van der Waals surface area contributed by atoms with Crippen LogP contribution < -0.4 is 0 Å². The Balaban J connectivity index is 1.46. The minimum atomic E-state index is -0.826. The second-order valence-electron chi connectivity index (χ2n) is 7.92. The molecule has 2 saturated carbocycles. The maximum Gasteiger partial charge on any atom is 0.305 e. The van der Waals surface area contributed by atoms with Crippen molar-refractivity contribution in [1.29, 1.82) is 0 Å². The van der Waals surface area contributed by atoms with Crippen LogP contribution in [0.1, 0.15) is 60.7 Å². The van der Waals surface area contributed by atoms with E-state index in [1.165, 1.54) is 11.1 Å². The standard InChI is InChI=1S/C21H22N4O3/c1-13-4-2-3-5-15(13)21(9-10-21)20-22-19(28-24-20)16-12-17(14-6-7-14)25(23-16)11-8-18(26)27/h2-5,12,14H,6-11H2,1H3,(H,26,27). The zero-order valence-corrected chi connectivity index (χ0v) is 15.8. The Kier molecular flexibility index (Phi) is 3.86. The summed E-state index contributed by atoms with van der Waals surface area (Å²) in [4.78, 5) is 15.6. The maximum absolute atomic E-state index is 10.9. The molecule has 2 aliphatic rings. The lowest BCUT2D eigenvalue weighted by atomic mass is 9.91. The first kappa shape index (κ1) is 17.2. The zero-order valence-electron chi connectivity index (χ0n) is 15.8. The zero-order chi connectivity index (χ0) is 19.3. The molecule has 2 heterocycles. The van der Waals surface area contributed by atoms with Crippen LogP contribution in [0.3, 0.4) is 0 Å². The van der Waals surface area contributed by atoms with Gasteiger partial charge in [-0.3, -0.25) is 9.48 Å². The largest absolute Gasteiger partial charge is 0.481 e. The summed E-state index contributed by atoms with van der Waals surface area (Å²) in [5.41, 5.74) is 4.04. The molecule has 0 amide bonds. The van der Waals surface area contributed by atoms with Crippen LogP contribution in [0.2, 0.25) is 0 Å². The molecule has 1 N–H and O–H groups in total. The molecule has 0 unspecified atom stereocenters. The summed E-state index contributed by atoms with van der Waals surface area (Å²) in [6.07, 6.45) is 4.30. The van der Waals surface area contributed by atoms with Crippen molar-refractivity contribution in [2.45, 2.75) is 56.9 Å². The van der Waals surface area contributed by atoms with Gasteiger partial charge in [-0.1, -0.05) is 29.4 Å². The Labute approximate surface area is 162 Å². The quantitative estimate of drug-likeness (QED) is 0.674. The van der Waals surface area contributed by atoms with E-state index in [4.69, 9.17) is 14.6 Å². The van der Waals surface area contributed by atoms with Crippen molar-refractivity contribution in [3.05, 3.63) is 53.0 Å². The monoisotopic (exact) mass is 378 g/mol. The van der Waals surface area contributed by atoms with Gasteiger partial charge in [0.05, 0.1) is 18.4 Å². The van der Waals surface area contributed by atoms with Gasteiger partial charge in [0.1, 0.15) is 0 Å². The summed E-state index contributed by atoms with van der Waals surface area (Å²) in [6, 6.07) is 10.3. The lowest BCUT2D eigenvalue weighted by Crippen LogP contribution is -2.12. The highest BCUT2D eigenvalue weighted by Gasteiger charge is 2.50. The third-order valence-corrected chi connectivity index (χ3v) is 5.83. The smallest absolute Gasteiger partial charge is 0.305 e. The van der Waals surface area contributed by atoms with Gasteiger partial charge >= 0.3 is 5.97 Å². The molecule has 2 aromatic heterocycles. The van der Waals surface area contributed by atoms with Crippen molar-refractivity contribution in [3.8, 4) is 11.6 Å². The number of aryl methyl sites for hydroxylation is 2. The van der Waals surface area contributed by atoms with Crippen LogP contribution in [0.5, 0.6) is 0 Å². The molecule has 0 bridgehead atoms. The lowest BCUT2D eigenvalue weighted by Gasteiger charge is -2.13. The number of aromatic nitrogens is 4. The van der Waals surface area contributed by atoms with Crippen molar-refractivity contribution in [3.63, 3.8) is 0 Å². The second kappa shape index (κ2) is 6.29. The van der Waals surface area contributed by atoms with E-state index >= 15 is 0 Å². The normalized spacial score (nSPS) is 17.6. The molecule has 2 fully saturated rings. The number of aliphatic carboxylic acids is 1. The highest BCUT2D eigenvalue weighted by molar-refractivity contribution is 5.66. The Morgan fingerprint density at radius 1 is 1.32 bits per heavy atom. The van der Waals surface area contributed by atoms with E-state index in [0.29, 0.717) is 29.9 Å². The number of carbonyl (C=O) groups is 1. The third kappa shape index (κ3) is 2.91. The van der Waals surface area contributed by atoms with Crippen LogP contribution in [0.25, 0.3) is 11.6 Å². The van der Waals surface area contributed by atoms with E-state index in [0.717, 1.165) is 31.4 Å². The van der Waals surface area contributed by atoms with Crippen LogP contribution in [-0.4, -0.2) is 31.0 Å². The molecule has 7 nitrogen and oxygen atoms in total. The van der Waals surface area contributed by atoms with Gasteiger partial charge in [-0.2, -0.15) is 10.1 Å². The van der Waals surface area contributed by atoms with E-state index in [2.05, 4.69) is 35.4 Å². The van der Waals surface area contributed by atoms with Crippen LogP contribution >= 0.6 is 0 Å². The molecule has 0 aliphatic heterocycles. The van der Waals surface area contributed by atoms with Gasteiger partial charge in [0, 0.05) is 11.6 Å². The van der Waals surface area contributed by atoms with Crippen LogP contribution in [0, 0.1) is 6.92 Å². The number of benzene rings is 1. The van der Waals surface area contributed by atoms with E-state index < -0.39 is 5.97 Å². The summed E-state index contributed by atoms with van der Waals surface area (Å²) >= 11 is 0.